The van der Waals surface area contributed by atoms with Crippen molar-refractivity contribution in [3.8, 4) is 130 Å². The molecule has 0 saturated heterocycles. The van der Waals surface area contributed by atoms with Crippen LogP contribution in [0.25, 0.3) is 124 Å². The zero-order valence-electron chi connectivity index (χ0n) is 71.5. The zero-order valence-corrected chi connectivity index (χ0v) is 73.1. The predicted molar refractivity (Wildman–Crippen MR) is 508 cm³/mol. The normalized spacial score (nSPS) is 12.2. The number of aromatic amines is 1. The summed E-state index contributed by atoms with van der Waals surface area (Å²) in [6.45, 7) is 0. The van der Waals surface area contributed by atoms with Gasteiger partial charge < -0.3 is 45.1 Å². The van der Waals surface area contributed by atoms with Crippen molar-refractivity contribution in [3.05, 3.63) is 387 Å². The number of nitrogens with one attached hydrogen (secondary N) is 2. The molecule has 664 valence electrons. The van der Waals surface area contributed by atoms with Gasteiger partial charge in [-0.25, -0.2) is 58.8 Å². The molecule has 136 heavy (non-hydrogen) atoms. The van der Waals surface area contributed by atoms with E-state index in [-0.39, 0.29) is 61.1 Å². The molecule has 7 N–H and O–H groups in total. The number of aromatic nitrogens is 6. The minimum atomic E-state index is -1.20. The topological polar surface area (TPSA) is 430 Å². The highest BCUT2D eigenvalue weighted by Gasteiger charge is 2.41. The molecule has 0 atom stereocenters. The monoisotopic (exact) mass is 1860 g/mol. The van der Waals surface area contributed by atoms with Crippen molar-refractivity contribution in [2.75, 3.05) is 36.0 Å². The number of ether oxygens (including phenoxy) is 3. The minimum absolute atomic E-state index is 0. The average molecular weight is 1870 g/mol. The molecule has 0 fully saturated rings. The van der Waals surface area contributed by atoms with Crippen LogP contribution in [-0.4, -0.2) is 136 Å². The van der Waals surface area contributed by atoms with Crippen LogP contribution >= 0.6 is 15.9 Å². The van der Waals surface area contributed by atoms with E-state index in [1.54, 1.807) is 118 Å². The first-order valence-electron chi connectivity index (χ1n) is 41.4. The van der Waals surface area contributed by atoms with Gasteiger partial charge in [0.05, 0.1) is 139 Å². The number of halogens is 1. The van der Waals surface area contributed by atoms with Crippen molar-refractivity contribution in [2.24, 2.45) is 0 Å². The number of amides is 6. The quantitative estimate of drug-likeness (QED) is 0.0364. The Morgan fingerprint density at radius 3 is 1.12 bits per heavy atom. The van der Waals surface area contributed by atoms with Gasteiger partial charge in [0.15, 0.2) is 17.3 Å². The van der Waals surface area contributed by atoms with Gasteiger partial charge >= 0.3 is 23.9 Å². The summed E-state index contributed by atoms with van der Waals surface area (Å²) >= 11 is 3.47. The third-order valence-corrected chi connectivity index (χ3v) is 23.3. The number of hydrogen-bond donors (Lipinski definition) is 6. The van der Waals surface area contributed by atoms with Gasteiger partial charge in [0.1, 0.15) is 5.82 Å². The Kier molecular flexibility index (Phi) is 24.7. The van der Waals surface area contributed by atoms with Crippen molar-refractivity contribution >= 4 is 109 Å². The number of anilines is 3. The van der Waals surface area contributed by atoms with E-state index in [1.165, 1.54) is 60.7 Å². The van der Waals surface area contributed by atoms with E-state index in [0.29, 0.717) is 108 Å². The number of nitrogens with zero attached hydrogens (tertiary/aromatic N) is 8. The molecule has 0 unspecified atom stereocenters. The number of rotatable bonds is 21. The van der Waals surface area contributed by atoms with Crippen LogP contribution in [0.3, 0.4) is 0 Å². The largest absolute Gasteiger partial charge is 0.870 e. The second-order valence-corrected chi connectivity index (χ2v) is 31.8. The summed E-state index contributed by atoms with van der Waals surface area (Å²) in [5.41, 5.74) is 16.8. The summed E-state index contributed by atoms with van der Waals surface area (Å²) < 4.78 is 17.7. The van der Waals surface area contributed by atoms with Crippen molar-refractivity contribution in [1.29, 1.82) is 0 Å². The van der Waals surface area contributed by atoms with Gasteiger partial charge in [0.25, 0.3) is 41.1 Å². The van der Waals surface area contributed by atoms with Gasteiger partial charge in [-0.1, -0.05) is 162 Å². The molecule has 3 aliphatic rings. The number of pyridine rings is 2. The number of carboxylic acid groups (broad SMARTS) is 4. The second kappa shape index (κ2) is 37.5. The second-order valence-electron chi connectivity index (χ2n) is 30.9. The van der Waals surface area contributed by atoms with E-state index in [9.17, 15) is 73.3 Å². The summed E-state index contributed by atoms with van der Waals surface area (Å²) in [4.78, 5) is 167. The number of hydrogen-bond acceptors (Lipinski definition) is 20. The maximum Gasteiger partial charge on any atom is 0.335 e. The fourth-order valence-electron chi connectivity index (χ4n) is 16.0. The summed E-state index contributed by atoms with van der Waals surface area (Å²) in [6.07, 6.45) is 0. The lowest BCUT2D eigenvalue weighted by atomic mass is 9.98. The first kappa shape index (κ1) is 89.4. The van der Waals surface area contributed by atoms with Gasteiger partial charge in [-0.15, -0.1) is 0 Å². The van der Waals surface area contributed by atoms with Crippen LogP contribution in [0.1, 0.15) is 104 Å². The number of benzene rings is 13. The molecule has 13 aromatic carbocycles. The highest BCUT2D eigenvalue weighted by molar-refractivity contribution is 9.10. The smallest absolute Gasteiger partial charge is 0.335 e. The van der Waals surface area contributed by atoms with Gasteiger partial charge in [-0.2, -0.15) is 0 Å². The molecular formula is C106H69BrN10O19. The predicted octanol–water partition coefficient (Wildman–Crippen LogP) is 19.5. The molecule has 0 spiro atoms. The number of imide groups is 3. The molecule has 0 aliphatic carbocycles. The third kappa shape index (κ3) is 17.6. The van der Waals surface area contributed by atoms with Crippen molar-refractivity contribution in [2.45, 2.75) is 0 Å². The highest BCUT2D eigenvalue weighted by atomic mass is 79.9. The first-order valence-corrected chi connectivity index (χ1v) is 42.2. The summed E-state index contributed by atoms with van der Waals surface area (Å²) in [6, 6.07) is 92.3. The number of fused-ring (bicyclic) bond motifs is 4. The molecule has 7 heterocycles. The van der Waals surface area contributed by atoms with Crippen LogP contribution in [0.15, 0.2) is 326 Å². The van der Waals surface area contributed by atoms with E-state index in [0.717, 1.165) is 74.9 Å². The number of aromatic carboxylic acids is 4. The summed E-state index contributed by atoms with van der Waals surface area (Å²) in [5, 5.41) is 39.3. The molecule has 6 amide bonds. The third-order valence-electron chi connectivity index (χ3n) is 22.8. The number of nitroso groups, excluding NO2 is 1. The Labute approximate surface area is 779 Å². The Morgan fingerprint density at radius 2 is 0.669 bits per heavy atom. The molecular weight excluding hydrogens is 1800 g/mol. The van der Waals surface area contributed by atoms with E-state index in [1.807, 2.05) is 169 Å². The summed E-state index contributed by atoms with van der Waals surface area (Å²) in [7, 11) is 4.70. The number of methoxy groups -OCH3 is 3. The number of carbonyl (C=O) groups excluding carboxylic acids is 6. The molecule has 17 aromatic rings. The van der Waals surface area contributed by atoms with Crippen molar-refractivity contribution < 1.29 is 93.2 Å². The van der Waals surface area contributed by atoms with Gasteiger partial charge in [-0.05, 0) is 186 Å². The van der Waals surface area contributed by atoms with Crippen LogP contribution in [0, 0.1) is 4.91 Å². The van der Waals surface area contributed by atoms with E-state index < -0.39 is 59.3 Å². The lowest BCUT2D eigenvalue weighted by molar-refractivity contribution is -0.379. The summed E-state index contributed by atoms with van der Waals surface area (Å²) in [5.74, 6) is -5.29. The van der Waals surface area contributed by atoms with Gasteiger partial charge in [0, 0.05) is 71.2 Å². The maximum atomic E-state index is 13.2. The molecule has 0 saturated carbocycles. The Morgan fingerprint density at radius 1 is 0.309 bits per heavy atom. The molecule has 29 nitrogen and oxygen atoms in total. The molecule has 4 aromatic heterocycles. The molecule has 0 radical (unpaired) electrons. The van der Waals surface area contributed by atoms with Crippen LogP contribution in [-0.2, 0) is 0 Å². The number of carbonyl (C=O) groups is 10. The first-order chi connectivity index (χ1) is 65.4. The highest BCUT2D eigenvalue weighted by Crippen LogP contribution is 2.45. The van der Waals surface area contributed by atoms with Crippen molar-refractivity contribution in [3.63, 3.8) is 0 Å². The minimum Gasteiger partial charge on any atom is -0.870 e. The lowest BCUT2D eigenvalue weighted by Crippen LogP contribution is -2.55. The Balaban J connectivity index is 0.000000143. The lowest BCUT2D eigenvalue weighted by Gasteiger charge is -2.16. The van der Waals surface area contributed by atoms with E-state index in [2.05, 4.69) is 25.9 Å². The standard InChI is InChI=1S/C41H23N3O8.C34H26N4O6.C31H18BrN3O4.H2O/c45-36-30-16-10-25(40(49)50)18-32(30)38(47)43(36)28-12-6-23(7-13-28)34-20-27(22-4-2-1-3-5-22)21-35(42-34)24-8-14-29(15-9-24)44-37(46)31-17-11-26(41(51)52)19-33(31)39(44)48;1-42-30-17-24(18-31(43-2)32(30)44-3)23-15-27(35-28(16-23)21-5-4-6-25(13-21)38-41)19-7-9-20(10-8-19)33-36-26-12-11-22(34(39)40)14-29(26)37-33;32-22-12-9-18(10-13-22)26-17-27(34-28(33-26)19-5-2-1-3-6-19)20-7-4-8-23(15-20)35-29(36)24-14-11-21(31(38)39)16-25(24)30(35)37;/h1-21H,(H,49,50)(H,51,52);4-18H,1-3H3,(H,36,37)(H,39,40);1-17H,(H,38,39);1H2. The average Bonchev–Trinajstić information content (AvgIpc) is 1.60. The molecule has 3 aliphatic heterocycles. The SMILES string of the molecule is COc1cc(-c2cc(-c3ccc(-c4nc5ccc(C(=O)O)cc5[nH]4)cc3)nc(-c3cccc([NH+]=O)c3)c2)cc(OC)c1OC.O=C(O)c1ccc2c(c1)C(=O)N(c1ccc(-c3cc(-c4ccccc4)cc(-c4ccc(N5C(=O)c6ccc(C(=O)O)cc6C5=O)cc4)n3)cc1)C2=O.O=C(O)c1ccc2c(c1)C(=O)N(c1cccc(-c3cc(-c4ccc(Br)cc4)nc(-c4ccccc4)n3)c1)C2=O.[OH-]. The Hall–Kier alpha value is -18.6. The van der Waals surface area contributed by atoms with Gasteiger partial charge in [0.2, 0.25) is 5.75 Å². The number of imidazole rings is 1. The van der Waals surface area contributed by atoms with E-state index >= 15 is 0 Å². The Bertz CT molecular complexity index is 7630. The van der Waals surface area contributed by atoms with Crippen molar-refractivity contribution in [1.82, 2.24) is 29.9 Å². The maximum absolute atomic E-state index is 13.2. The van der Waals surface area contributed by atoms with Crippen LogP contribution in [0.2, 0.25) is 0 Å². The van der Waals surface area contributed by atoms with Crippen LogP contribution in [0.5, 0.6) is 17.2 Å². The van der Waals surface area contributed by atoms with Gasteiger partial charge in [-0.3, -0.25) is 28.8 Å². The van der Waals surface area contributed by atoms with Crippen LogP contribution in [0.4, 0.5) is 22.7 Å². The molecule has 20 rings (SSSR count). The fourth-order valence-corrected chi connectivity index (χ4v) is 16.2. The van der Waals surface area contributed by atoms with E-state index in [4.69, 9.17) is 34.1 Å². The zero-order chi connectivity index (χ0) is 94.1. The van der Waals surface area contributed by atoms with Crippen LogP contribution < -0.4 is 34.1 Å². The molecule has 0 bridgehead atoms. The fraction of sp³-hybridized carbons (Fsp3) is 0.0283. The number of H-pyrrole nitrogens is 1. The number of carboxylic acids is 4. The molecule has 30 heteroatoms.